The number of hydrogen-bond acceptors (Lipinski definition) is 8. The fourth-order valence-electron chi connectivity index (χ4n) is 5.48. The van der Waals surface area contributed by atoms with Gasteiger partial charge in [-0.3, -0.25) is 0 Å². The average Bonchev–Trinajstić information content (AvgIpc) is 2.95. The first-order valence-corrected chi connectivity index (χ1v) is 16.0. The monoisotopic (exact) mass is 604 g/mol. The van der Waals surface area contributed by atoms with E-state index in [-0.39, 0.29) is 29.3 Å². The zero-order valence-electron chi connectivity index (χ0n) is 25.7. The highest BCUT2D eigenvalue weighted by atomic mass is 32.2. The molecule has 2 aromatic carbocycles. The first-order valence-electron chi connectivity index (χ1n) is 14.6. The molecular weight excluding hydrogens is 556 g/mol. The molecule has 0 aliphatic heterocycles. The van der Waals surface area contributed by atoms with Crippen molar-refractivity contribution in [2.75, 3.05) is 13.7 Å². The zero-order valence-corrected chi connectivity index (χ0v) is 26.5. The van der Waals surface area contributed by atoms with Crippen LogP contribution >= 0.6 is 0 Å². The molecular formula is C32H48N2O7S. The van der Waals surface area contributed by atoms with Crippen molar-refractivity contribution in [1.82, 2.24) is 5.32 Å². The van der Waals surface area contributed by atoms with Gasteiger partial charge in [-0.25, -0.2) is 13.2 Å². The van der Waals surface area contributed by atoms with E-state index in [9.17, 15) is 14.7 Å². The minimum absolute atomic E-state index is 0.0295. The molecule has 0 aliphatic carbocycles. The van der Waals surface area contributed by atoms with E-state index in [0.29, 0.717) is 12.0 Å². The Morgan fingerprint density at radius 2 is 1.69 bits per heavy atom. The van der Waals surface area contributed by atoms with Crippen LogP contribution in [0.4, 0.5) is 4.79 Å². The van der Waals surface area contributed by atoms with Gasteiger partial charge >= 0.3 is 6.09 Å². The molecule has 0 spiro atoms. The summed E-state index contributed by atoms with van der Waals surface area (Å²) in [4.78, 5) is 26.3. The number of unbranched alkanes of at least 4 members (excludes halogenated alkanes) is 2. The van der Waals surface area contributed by atoms with Crippen molar-refractivity contribution >= 4 is 22.2 Å². The van der Waals surface area contributed by atoms with Crippen LogP contribution in [0.25, 0.3) is 0 Å². The topological polar surface area (TPSA) is 145 Å². The number of aldehydes is 1. The molecule has 0 saturated carbocycles. The van der Waals surface area contributed by atoms with Gasteiger partial charge in [-0.2, -0.15) is 0 Å². The minimum atomic E-state index is -4.54. The highest BCUT2D eigenvalue weighted by Crippen LogP contribution is 2.48. The normalized spacial score (nSPS) is 16.4. The van der Waals surface area contributed by atoms with E-state index >= 15 is 8.42 Å². The van der Waals surface area contributed by atoms with Crippen LogP contribution in [0.2, 0.25) is 0 Å². The molecule has 3 unspecified atom stereocenters. The average molecular weight is 605 g/mol. The Kier molecular flexibility index (Phi) is 13.0. The maximum absolute atomic E-state index is 15.1. The second kappa shape index (κ2) is 15.5. The molecule has 1 amide bonds. The van der Waals surface area contributed by atoms with Crippen molar-refractivity contribution in [3.8, 4) is 5.75 Å². The number of amides is 1. The summed E-state index contributed by atoms with van der Waals surface area (Å²) in [6.45, 7) is 8.72. The Bertz CT molecular complexity index is 1230. The quantitative estimate of drug-likeness (QED) is 0.179. The van der Waals surface area contributed by atoms with Gasteiger partial charge in [-0.05, 0) is 62.9 Å². The summed E-state index contributed by atoms with van der Waals surface area (Å²) in [7, 11) is -3.07. The van der Waals surface area contributed by atoms with Crippen molar-refractivity contribution in [3.63, 3.8) is 0 Å². The molecule has 5 atom stereocenters. The summed E-state index contributed by atoms with van der Waals surface area (Å²) < 4.78 is 38.8. The number of alkyl carbamates (subject to hydrolysis) is 1. The maximum Gasteiger partial charge on any atom is 0.408 e. The van der Waals surface area contributed by atoms with Gasteiger partial charge in [0.2, 0.25) is 0 Å². The van der Waals surface area contributed by atoms with E-state index in [2.05, 4.69) is 12.2 Å². The number of nitrogens with two attached hydrogens (primary N) is 1. The first kappa shape index (κ1) is 35.2. The number of carbonyl (C=O) groups is 2. The lowest BCUT2D eigenvalue weighted by Crippen LogP contribution is -2.65. The third kappa shape index (κ3) is 8.33. The third-order valence-electron chi connectivity index (χ3n) is 7.47. The minimum Gasteiger partial charge on any atom is -0.497 e. The molecule has 0 heterocycles. The number of ether oxygens (including phenoxy) is 2. The molecule has 0 radical (unpaired) electrons. The van der Waals surface area contributed by atoms with Crippen LogP contribution in [0.15, 0.2) is 59.5 Å². The van der Waals surface area contributed by atoms with Crippen LogP contribution in [-0.2, 0) is 24.1 Å². The number of methoxy groups -OCH3 is 1. The Hall–Kier alpha value is -2.95. The molecule has 10 heteroatoms. The van der Waals surface area contributed by atoms with Gasteiger partial charge in [-0.15, -0.1) is 0 Å². The summed E-state index contributed by atoms with van der Waals surface area (Å²) in [6, 6.07) is 12.5. The Morgan fingerprint density at radius 3 is 2.19 bits per heavy atom. The fraction of sp³-hybridized carbons (Fsp3) is 0.562. The molecule has 0 fully saturated rings. The Morgan fingerprint density at radius 1 is 1.07 bits per heavy atom. The Labute approximate surface area is 251 Å². The summed E-state index contributed by atoms with van der Waals surface area (Å²) >= 11 is 0. The second-order valence-electron chi connectivity index (χ2n) is 11.8. The predicted molar refractivity (Wildman–Crippen MR) is 164 cm³/mol. The lowest BCUT2D eigenvalue weighted by Gasteiger charge is -2.46. The van der Waals surface area contributed by atoms with Gasteiger partial charge in [-0.1, -0.05) is 69.9 Å². The van der Waals surface area contributed by atoms with Crippen LogP contribution in [0.1, 0.15) is 72.3 Å². The van der Waals surface area contributed by atoms with E-state index in [0.717, 1.165) is 25.7 Å². The molecule has 2 aromatic rings. The van der Waals surface area contributed by atoms with E-state index in [1.165, 1.54) is 31.4 Å². The van der Waals surface area contributed by atoms with Gasteiger partial charge in [0.25, 0.3) is 0 Å². The highest BCUT2D eigenvalue weighted by molar-refractivity contribution is 7.92. The number of benzene rings is 2. The van der Waals surface area contributed by atoms with Crippen molar-refractivity contribution in [2.45, 2.75) is 94.1 Å². The molecule has 9 nitrogen and oxygen atoms in total. The van der Waals surface area contributed by atoms with E-state index < -0.39 is 44.3 Å². The van der Waals surface area contributed by atoms with Gasteiger partial charge in [0, 0.05) is 12.5 Å². The number of aliphatic hydroxyl groups is 1. The fourth-order valence-corrected chi connectivity index (χ4v) is 7.91. The summed E-state index contributed by atoms with van der Waals surface area (Å²) in [5, 5.41) is 14.1. The molecule has 0 bridgehead atoms. The van der Waals surface area contributed by atoms with E-state index in [1.54, 1.807) is 51.1 Å². The van der Waals surface area contributed by atoms with Crippen LogP contribution < -0.4 is 15.8 Å². The standard InChI is InChI=1S/C32H48N2O7S/c1-7-8-10-13-23(2)20-25(22-35)32(24-14-11-9-12-15-24,42(38,39)27-18-16-26(40-6)17-19-27)29(28(36)21-33)34-30(37)41-31(3,4)5/h9,11-12,14-19,22-23,25,28-29,36H,7-8,10,13,20-21,33H2,1-6H3,(H,34,37)/t23?,25?,28-,29+,32?/m1/s1. The van der Waals surface area contributed by atoms with Gasteiger partial charge in [0.05, 0.1) is 24.2 Å². The molecule has 0 saturated heterocycles. The third-order valence-corrected chi connectivity index (χ3v) is 10.0. The Balaban J connectivity index is 2.96. The van der Waals surface area contributed by atoms with Crippen molar-refractivity contribution in [3.05, 3.63) is 60.2 Å². The lowest BCUT2D eigenvalue weighted by molar-refractivity contribution is -0.113. The molecule has 2 rings (SSSR count). The van der Waals surface area contributed by atoms with E-state index in [1.807, 2.05) is 6.92 Å². The highest BCUT2D eigenvalue weighted by Gasteiger charge is 2.60. The lowest BCUT2D eigenvalue weighted by atomic mass is 9.74. The van der Waals surface area contributed by atoms with Crippen LogP contribution in [-0.4, -0.2) is 57.3 Å². The summed E-state index contributed by atoms with van der Waals surface area (Å²) in [5.41, 5.74) is 5.28. The number of aliphatic hydroxyl groups excluding tert-OH is 1. The summed E-state index contributed by atoms with van der Waals surface area (Å²) in [5.74, 6) is -0.760. The zero-order chi connectivity index (χ0) is 31.6. The van der Waals surface area contributed by atoms with Crippen LogP contribution in [0.5, 0.6) is 5.75 Å². The maximum atomic E-state index is 15.1. The first-order chi connectivity index (χ1) is 19.8. The number of nitrogens with one attached hydrogen (secondary N) is 1. The predicted octanol–water partition coefficient (Wildman–Crippen LogP) is 5.00. The largest absolute Gasteiger partial charge is 0.497 e. The smallest absolute Gasteiger partial charge is 0.408 e. The van der Waals surface area contributed by atoms with Crippen molar-refractivity contribution in [1.29, 1.82) is 0 Å². The number of carbonyl (C=O) groups excluding carboxylic acids is 2. The van der Waals surface area contributed by atoms with E-state index in [4.69, 9.17) is 15.2 Å². The second-order valence-corrected chi connectivity index (χ2v) is 14.0. The molecule has 0 aromatic heterocycles. The molecule has 42 heavy (non-hydrogen) atoms. The molecule has 234 valence electrons. The van der Waals surface area contributed by atoms with Crippen molar-refractivity contribution in [2.24, 2.45) is 17.6 Å². The van der Waals surface area contributed by atoms with Gasteiger partial charge in [0.1, 0.15) is 22.4 Å². The van der Waals surface area contributed by atoms with Gasteiger partial charge < -0.3 is 30.4 Å². The number of rotatable bonds is 16. The number of sulfone groups is 1. The SMILES string of the molecule is CCCCCC(C)CC(C=O)C(c1ccccc1)([C@@H](NC(=O)OC(C)(C)C)[C@H](O)CN)S(=O)(=O)c1ccc(OC)cc1. The van der Waals surface area contributed by atoms with Crippen LogP contribution in [0.3, 0.4) is 0 Å². The van der Waals surface area contributed by atoms with Crippen LogP contribution in [0, 0.1) is 11.8 Å². The molecule has 4 N–H and O–H groups in total. The van der Waals surface area contributed by atoms with Gasteiger partial charge in [0.15, 0.2) is 9.84 Å². The number of hydrogen-bond donors (Lipinski definition) is 3. The van der Waals surface area contributed by atoms with Crippen molar-refractivity contribution < 1.29 is 32.6 Å². The molecule has 0 aliphatic rings. The summed E-state index contributed by atoms with van der Waals surface area (Å²) in [6.07, 6.45) is 2.09.